The van der Waals surface area contributed by atoms with Gasteiger partial charge in [-0.05, 0) is 49.2 Å². The zero-order chi connectivity index (χ0) is 24.5. The predicted molar refractivity (Wildman–Crippen MR) is 138 cm³/mol. The fourth-order valence-corrected chi connectivity index (χ4v) is 4.75. The molecule has 0 aliphatic carbocycles. The van der Waals surface area contributed by atoms with Crippen LogP contribution in [0.15, 0.2) is 77.3 Å². The van der Waals surface area contributed by atoms with Crippen molar-refractivity contribution in [3.05, 3.63) is 99.0 Å². The lowest BCUT2D eigenvalue weighted by Crippen LogP contribution is -2.44. The summed E-state index contributed by atoms with van der Waals surface area (Å²) in [4.78, 5) is 30.7. The number of carbonyl (C=O) groups excluding carboxylic acids is 1. The molecule has 0 bridgehead atoms. The van der Waals surface area contributed by atoms with E-state index in [4.69, 9.17) is 16.6 Å². The molecule has 3 aromatic carbocycles. The number of carboxylic acids is 1. The Hall–Kier alpha value is -3.22. The number of aromatic nitrogens is 1. The minimum Gasteiger partial charge on any atom is -0.481 e. The van der Waals surface area contributed by atoms with Gasteiger partial charge in [-0.1, -0.05) is 76.1 Å². The van der Waals surface area contributed by atoms with E-state index in [0.717, 1.165) is 10.0 Å². The topological polar surface area (TPSA) is 79.3 Å². The number of fused-ring (bicyclic) bond motifs is 1. The second kappa shape index (κ2) is 9.57. The highest BCUT2D eigenvalue weighted by Gasteiger charge is 2.37. The van der Waals surface area contributed by atoms with Crippen molar-refractivity contribution in [1.82, 2.24) is 10.3 Å². The zero-order valence-corrected chi connectivity index (χ0v) is 20.9. The Kier molecular flexibility index (Phi) is 6.73. The molecule has 5 nitrogen and oxygen atoms in total. The molecule has 172 valence electrons. The molecule has 1 heterocycles. The Morgan fingerprint density at radius 1 is 1.06 bits per heavy atom. The quantitative estimate of drug-likeness (QED) is 0.298. The number of hydrogen-bond donors (Lipinski definition) is 2. The monoisotopic (exact) mass is 536 g/mol. The fourth-order valence-electron chi connectivity index (χ4n) is 4.04. The van der Waals surface area contributed by atoms with E-state index in [1.165, 1.54) is 0 Å². The summed E-state index contributed by atoms with van der Waals surface area (Å²) in [7, 11) is 0. The lowest BCUT2D eigenvalue weighted by molar-refractivity contribution is -0.142. The number of benzene rings is 3. The summed E-state index contributed by atoms with van der Waals surface area (Å²) in [5.41, 5.74) is 2.46. The third-order valence-electron chi connectivity index (χ3n) is 6.01. The minimum atomic E-state index is -1.41. The molecular formula is C27H22BrClN2O3. The van der Waals surface area contributed by atoms with Crippen molar-refractivity contribution < 1.29 is 14.7 Å². The Morgan fingerprint density at radius 2 is 1.74 bits per heavy atom. The van der Waals surface area contributed by atoms with Crippen molar-refractivity contribution in [2.75, 3.05) is 6.54 Å². The lowest BCUT2D eigenvalue weighted by Gasteiger charge is -2.27. The van der Waals surface area contributed by atoms with Crippen molar-refractivity contribution in [2.45, 2.75) is 19.3 Å². The van der Waals surface area contributed by atoms with Gasteiger partial charge in [0.2, 0.25) is 0 Å². The molecule has 0 radical (unpaired) electrons. The largest absolute Gasteiger partial charge is 0.481 e. The van der Waals surface area contributed by atoms with Crippen LogP contribution >= 0.6 is 27.5 Å². The van der Waals surface area contributed by atoms with Gasteiger partial charge < -0.3 is 10.4 Å². The van der Waals surface area contributed by atoms with E-state index >= 15 is 0 Å². The second-order valence-corrected chi connectivity index (χ2v) is 9.61. The summed E-state index contributed by atoms with van der Waals surface area (Å²) in [6, 6.07) is 22.0. The molecular weight excluding hydrogens is 516 g/mol. The molecule has 1 amide bonds. The van der Waals surface area contributed by atoms with Gasteiger partial charge in [-0.3, -0.25) is 9.59 Å². The molecule has 0 spiro atoms. The first-order valence-electron chi connectivity index (χ1n) is 10.6. The number of pyridine rings is 1. The zero-order valence-electron chi connectivity index (χ0n) is 18.6. The van der Waals surface area contributed by atoms with Crippen LogP contribution < -0.4 is 5.32 Å². The highest BCUT2D eigenvalue weighted by molar-refractivity contribution is 9.10. The molecule has 4 rings (SSSR count). The van der Waals surface area contributed by atoms with Crippen LogP contribution in [-0.2, 0) is 10.2 Å². The number of carboxylic acid groups (broad SMARTS) is 1. The molecule has 0 saturated heterocycles. The summed E-state index contributed by atoms with van der Waals surface area (Å²) in [6.07, 6.45) is 0. The third kappa shape index (κ3) is 4.43. The number of amides is 1. The number of hydrogen-bond acceptors (Lipinski definition) is 3. The number of halogens is 2. The average molecular weight is 538 g/mol. The summed E-state index contributed by atoms with van der Waals surface area (Å²) < 4.78 is 0.814. The van der Waals surface area contributed by atoms with Gasteiger partial charge in [0.15, 0.2) is 0 Å². The average Bonchev–Trinajstić information content (AvgIpc) is 2.82. The first-order valence-corrected chi connectivity index (χ1v) is 11.8. The number of rotatable bonds is 6. The van der Waals surface area contributed by atoms with Crippen LogP contribution in [0.3, 0.4) is 0 Å². The minimum absolute atomic E-state index is 0.136. The highest BCUT2D eigenvalue weighted by atomic mass is 79.9. The van der Waals surface area contributed by atoms with Gasteiger partial charge in [-0.15, -0.1) is 0 Å². The molecule has 0 fully saturated rings. The molecule has 1 aromatic heterocycles. The van der Waals surface area contributed by atoms with E-state index in [9.17, 15) is 14.7 Å². The van der Waals surface area contributed by atoms with Crippen LogP contribution in [0, 0.1) is 6.92 Å². The van der Waals surface area contributed by atoms with Crippen LogP contribution in [0.2, 0.25) is 5.02 Å². The molecule has 7 heteroatoms. The maximum absolute atomic E-state index is 13.6. The Labute approximate surface area is 210 Å². The molecule has 0 aliphatic rings. The molecule has 1 atom stereocenters. The maximum Gasteiger partial charge on any atom is 0.315 e. The third-order valence-corrected chi connectivity index (χ3v) is 6.83. The van der Waals surface area contributed by atoms with E-state index in [1.807, 2.05) is 55.5 Å². The van der Waals surface area contributed by atoms with Gasteiger partial charge in [0.1, 0.15) is 5.41 Å². The first-order chi connectivity index (χ1) is 16.2. The van der Waals surface area contributed by atoms with Crippen LogP contribution in [0.5, 0.6) is 0 Å². The Balaban J connectivity index is 1.79. The van der Waals surface area contributed by atoms with E-state index in [-0.39, 0.29) is 12.5 Å². The molecule has 0 aliphatic heterocycles. The van der Waals surface area contributed by atoms with Crippen molar-refractivity contribution in [3.8, 4) is 11.3 Å². The van der Waals surface area contributed by atoms with E-state index < -0.39 is 11.4 Å². The Bertz CT molecular complexity index is 1410. The Morgan fingerprint density at radius 3 is 2.41 bits per heavy atom. The summed E-state index contributed by atoms with van der Waals surface area (Å²) >= 11 is 9.79. The number of nitrogens with zero attached hydrogens (tertiary/aromatic N) is 1. The molecule has 2 N–H and O–H groups in total. The van der Waals surface area contributed by atoms with Crippen LogP contribution in [0.25, 0.3) is 22.2 Å². The normalized spacial score (nSPS) is 12.8. The summed E-state index contributed by atoms with van der Waals surface area (Å²) in [6.45, 7) is 3.28. The predicted octanol–water partition coefficient (Wildman–Crippen LogP) is 6.40. The van der Waals surface area contributed by atoms with Crippen LogP contribution in [0.1, 0.15) is 28.4 Å². The SMILES string of the molecule is Cc1c(-c2ccccc2)nc2ccc(Br)cc2c1C(=O)NCC(C)(C(=O)O)c1ccccc1Cl. The highest BCUT2D eigenvalue weighted by Crippen LogP contribution is 2.33. The number of carbonyl (C=O) groups is 2. The first kappa shape index (κ1) is 23.9. The molecule has 34 heavy (non-hydrogen) atoms. The standard InChI is InChI=1S/C27H22BrClN2O3/c1-16-23(25(32)30-15-27(2,26(33)34)20-10-6-7-11-21(20)29)19-14-18(28)12-13-22(19)31-24(16)17-8-4-3-5-9-17/h3-14H,15H2,1-2H3,(H,30,32)(H,33,34). The van der Waals surface area contributed by atoms with Crippen LogP contribution in [-0.4, -0.2) is 28.5 Å². The number of aliphatic carboxylic acids is 1. The van der Waals surface area contributed by atoms with Crippen LogP contribution in [0.4, 0.5) is 0 Å². The van der Waals surface area contributed by atoms with Gasteiger partial charge in [0, 0.05) is 27.0 Å². The van der Waals surface area contributed by atoms with Crippen molar-refractivity contribution in [3.63, 3.8) is 0 Å². The van der Waals surface area contributed by atoms with Gasteiger partial charge in [0.05, 0.1) is 16.8 Å². The fraction of sp³-hybridized carbons (Fsp3) is 0.148. The van der Waals surface area contributed by atoms with Gasteiger partial charge >= 0.3 is 5.97 Å². The van der Waals surface area contributed by atoms with E-state index in [2.05, 4.69) is 21.2 Å². The van der Waals surface area contributed by atoms with Crippen molar-refractivity contribution >= 4 is 50.3 Å². The van der Waals surface area contributed by atoms with Crippen molar-refractivity contribution in [1.29, 1.82) is 0 Å². The molecule has 1 unspecified atom stereocenters. The van der Waals surface area contributed by atoms with E-state index in [0.29, 0.717) is 38.3 Å². The van der Waals surface area contributed by atoms with Crippen molar-refractivity contribution in [2.24, 2.45) is 0 Å². The summed E-state index contributed by atoms with van der Waals surface area (Å²) in [5.74, 6) is -1.45. The smallest absolute Gasteiger partial charge is 0.315 e. The summed E-state index contributed by atoms with van der Waals surface area (Å²) in [5, 5.41) is 13.9. The lowest BCUT2D eigenvalue weighted by atomic mass is 9.82. The van der Waals surface area contributed by atoms with E-state index in [1.54, 1.807) is 31.2 Å². The molecule has 0 saturated carbocycles. The van der Waals surface area contributed by atoms with Gasteiger partial charge in [-0.2, -0.15) is 0 Å². The second-order valence-electron chi connectivity index (χ2n) is 8.29. The number of nitrogens with one attached hydrogen (secondary N) is 1. The van der Waals surface area contributed by atoms with Gasteiger partial charge in [0.25, 0.3) is 5.91 Å². The maximum atomic E-state index is 13.6. The van der Waals surface area contributed by atoms with Gasteiger partial charge in [-0.25, -0.2) is 4.98 Å². The molecule has 4 aromatic rings.